The highest BCUT2D eigenvalue weighted by atomic mass is 16.2. The summed E-state index contributed by atoms with van der Waals surface area (Å²) in [5.41, 5.74) is 0.757. The van der Waals surface area contributed by atoms with Crippen LogP contribution in [0.5, 0.6) is 0 Å². The Kier molecular flexibility index (Phi) is 4.56. The van der Waals surface area contributed by atoms with Gasteiger partial charge in [-0.1, -0.05) is 30.3 Å². The van der Waals surface area contributed by atoms with E-state index < -0.39 is 0 Å². The minimum absolute atomic E-state index is 0.0641. The molecule has 1 heterocycles. The lowest BCUT2D eigenvalue weighted by molar-refractivity contribution is -0.137. The van der Waals surface area contributed by atoms with Crippen molar-refractivity contribution >= 4 is 5.91 Å². The van der Waals surface area contributed by atoms with E-state index in [0.717, 1.165) is 5.56 Å². The fraction of sp³-hybridized carbons (Fsp3) is 0.375. The van der Waals surface area contributed by atoms with Crippen LogP contribution in [0.3, 0.4) is 0 Å². The van der Waals surface area contributed by atoms with Crippen LogP contribution in [0, 0.1) is 11.3 Å². The van der Waals surface area contributed by atoms with Gasteiger partial charge in [0.1, 0.15) is 18.9 Å². The normalized spacial score (nSPS) is 11.0. The third kappa shape index (κ3) is 3.92. The molecule has 0 atom stereocenters. The number of carbonyl (C=O) groups is 1. The molecule has 1 aromatic heterocycles. The minimum atomic E-state index is -0.314. The average Bonchev–Trinajstić information content (AvgIpc) is 2.92. The molecule has 0 spiro atoms. The Labute approximate surface area is 130 Å². The van der Waals surface area contributed by atoms with E-state index in [0.29, 0.717) is 6.54 Å². The van der Waals surface area contributed by atoms with E-state index in [1.165, 1.54) is 11.0 Å². The van der Waals surface area contributed by atoms with Crippen molar-refractivity contribution in [1.29, 1.82) is 5.26 Å². The van der Waals surface area contributed by atoms with E-state index in [9.17, 15) is 4.79 Å². The molecule has 2 rings (SSSR count). The summed E-state index contributed by atoms with van der Waals surface area (Å²) in [6.45, 7) is 6.59. The van der Waals surface area contributed by atoms with Crippen molar-refractivity contribution in [3.8, 4) is 6.07 Å². The molecule has 1 aromatic carbocycles. The van der Waals surface area contributed by atoms with E-state index in [2.05, 4.69) is 10.1 Å². The fourth-order valence-corrected chi connectivity index (χ4v) is 2.11. The first-order valence-corrected chi connectivity index (χ1v) is 7.04. The van der Waals surface area contributed by atoms with Crippen molar-refractivity contribution < 1.29 is 4.79 Å². The molecule has 0 fully saturated rings. The zero-order valence-corrected chi connectivity index (χ0v) is 13.0. The zero-order chi connectivity index (χ0) is 16.2. The Bertz CT molecular complexity index is 679. The highest BCUT2D eigenvalue weighted by Gasteiger charge is 2.26. The standard InChI is InChI=1S/C16H19N5O/c1-16(2,3)21(10-13-7-5-4-6-8-13)15(22)11-20-12-18-14(9-17)19-20/h4-8,12H,10-11H2,1-3H3. The highest BCUT2D eigenvalue weighted by molar-refractivity contribution is 5.76. The third-order valence-corrected chi connectivity index (χ3v) is 3.23. The van der Waals surface area contributed by atoms with Crippen LogP contribution in [0.1, 0.15) is 32.2 Å². The summed E-state index contributed by atoms with van der Waals surface area (Å²) in [5, 5.41) is 12.7. The monoisotopic (exact) mass is 297 g/mol. The van der Waals surface area contributed by atoms with Gasteiger partial charge in [0, 0.05) is 12.1 Å². The second-order valence-electron chi connectivity index (χ2n) is 6.01. The molecule has 0 aliphatic rings. The topological polar surface area (TPSA) is 74.8 Å². The second-order valence-corrected chi connectivity index (χ2v) is 6.01. The van der Waals surface area contributed by atoms with Gasteiger partial charge in [-0.05, 0) is 26.3 Å². The Morgan fingerprint density at radius 3 is 2.55 bits per heavy atom. The molecule has 0 aliphatic carbocycles. The predicted octanol–water partition coefficient (Wildman–Crippen LogP) is 1.98. The van der Waals surface area contributed by atoms with Crippen LogP contribution in [-0.2, 0) is 17.9 Å². The molecule has 22 heavy (non-hydrogen) atoms. The van der Waals surface area contributed by atoms with Crippen LogP contribution < -0.4 is 0 Å². The van der Waals surface area contributed by atoms with Gasteiger partial charge in [0.25, 0.3) is 5.82 Å². The van der Waals surface area contributed by atoms with Crippen LogP contribution in [0.15, 0.2) is 36.7 Å². The van der Waals surface area contributed by atoms with Crippen molar-refractivity contribution in [1.82, 2.24) is 19.7 Å². The summed E-state index contributed by atoms with van der Waals surface area (Å²) in [4.78, 5) is 18.2. The van der Waals surface area contributed by atoms with Gasteiger partial charge in [0.2, 0.25) is 5.91 Å². The maximum atomic E-state index is 12.6. The lowest BCUT2D eigenvalue weighted by atomic mass is 10.0. The van der Waals surface area contributed by atoms with Gasteiger partial charge < -0.3 is 4.90 Å². The molecule has 0 saturated heterocycles. The smallest absolute Gasteiger partial charge is 0.252 e. The Morgan fingerprint density at radius 2 is 2.00 bits per heavy atom. The fourth-order valence-electron chi connectivity index (χ4n) is 2.11. The lowest BCUT2D eigenvalue weighted by Gasteiger charge is -2.36. The summed E-state index contributed by atoms with van der Waals surface area (Å²) < 4.78 is 1.39. The number of rotatable bonds is 4. The number of amides is 1. The number of nitrogens with zero attached hydrogens (tertiary/aromatic N) is 5. The molecular formula is C16H19N5O. The third-order valence-electron chi connectivity index (χ3n) is 3.23. The maximum Gasteiger partial charge on any atom is 0.252 e. The number of carbonyl (C=O) groups excluding carboxylic acids is 1. The van der Waals surface area contributed by atoms with Crippen LogP contribution >= 0.6 is 0 Å². The minimum Gasteiger partial charge on any atom is -0.332 e. The molecule has 0 aliphatic heterocycles. The van der Waals surface area contributed by atoms with Gasteiger partial charge >= 0.3 is 0 Å². The van der Waals surface area contributed by atoms with Gasteiger partial charge in [0.15, 0.2) is 0 Å². The van der Waals surface area contributed by atoms with E-state index in [-0.39, 0.29) is 23.8 Å². The summed E-state index contributed by atoms with van der Waals surface area (Å²) in [6.07, 6.45) is 1.40. The number of hydrogen-bond donors (Lipinski definition) is 0. The lowest BCUT2D eigenvalue weighted by Crippen LogP contribution is -2.46. The van der Waals surface area contributed by atoms with Crippen molar-refractivity contribution in [3.63, 3.8) is 0 Å². The zero-order valence-electron chi connectivity index (χ0n) is 13.0. The molecule has 0 saturated carbocycles. The van der Waals surface area contributed by atoms with Crippen molar-refractivity contribution in [2.24, 2.45) is 0 Å². The molecule has 114 valence electrons. The number of benzene rings is 1. The molecule has 6 heteroatoms. The van der Waals surface area contributed by atoms with E-state index in [1.54, 1.807) is 4.90 Å². The maximum absolute atomic E-state index is 12.6. The Hall–Kier alpha value is -2.68. The number of nitriles is 1. The molecule has 2 aromatic rings. The first-order valence-electron chi connectivity index (χ1n) is 7.04. The number of aromatic nitrogens is 3. The predicted molar refractivity (Wildman–Crippen MR) is 81.5 cm³/mol. The van der Waals surface area contributed by atoms with Crippen LogP contribution in [0.2, 0.25) is 0 Å². The first-order chi connectivity index (χ1) is 10.4. The van der Waals surface area contributed by atoms with E-state index >= 15 is 0 Å². The van der Waals surface area contributed by atoms with Crippen LogP contribution in [-0.4, -0.2) is 31.1 Å². The van der Waals surface area contributed by atoms with E-state index in [4.69, 9.17) is 5.26 Å². The average molecular weight is 297 g/mol. The Morgan fingerprint density at radius 1 is 1.32 bits per heavy atom. The van der Waals surface area contributed by atoms with Crippen LogP contribution in [0.25, 0.3) is 0 Å². The summed E-state index contributed by atoms with van der Waals surface area (Å²) in [5.74, 6) is 0.00362. The molecule has 0 bridgehead atoms. The van der Waals surface area contributed by atoms with Gasteiger partial charge in [-0.2, -0.15) is 5.26 Å². The van der Waals surface area contributed by atoms with Crippen molar-refractivity contribution in [2.75, 3.05) is 0 Å². The van der Waals surface area contributed by atoms with Crippen LogP contribution in [0.4, 0.5) is 0 Å². The summed E-state index contributed by atoms with van der Waals surface area (Å²) in [6, 6.07) is 11.7. The number of hydrogen-bond acceptors (Lipinski definition) is 4. The molecule has 0 radical (unpaired) electrons. The van der Waals surface area contributed by atoms with Gasteiger partial charge in [-0.25, -0.2) is 9.67 Å². The molecule has 0 unspecified atom stereocenters. The van der Waals surface area contributed by atoms with Gasteiger partial charge in [0.05, 0.1) is 0 Å². The first kappa shape index (κ1) is 15.7. The summed E-state index contributed by atoms with van der Waals surface area (Å²) in [7, 11) is 0. The summed E-state index contributed by atoms with van der Waals surface area (Å²) >= 11 is 0. The second kappa shape index (κ2) is 6.39. The molecule has 0 N–H and O–H groups in total. The molecular weight excluding hydrogens is 278 g/mol. The van der Waals surface area contributed by atoms with E-state index in [1.807, 2.05) is 57.2 Å². The largest absolute Gasteiger partial charge is 0.332 e. The SMILES string of the molecule is CC(C)(C)N(Cc1ccccc1)C(=O)Cn1cnc(C#N)n1. The Balaban J connectivity index is 2.15. The highest BCUT2D eigenvalue weighted by Crippen LogP contribution is 2.18. The quantitative estimate of drug-likeness (QED) is 0.864. The van der Waals surface area contributed by atoms with Crippen molar-refractivity contribution in [3.05, 3.63) is 48.0 Å². The molecule has 6 nitrogen and oxygen atoms in total. The van der Waals surface area contributed by atoms with Gasteiger partial charge in [-0.3, -0.25) is 4.79 Å². The van der Waals surface area contributed by atoms with Gasteiger partial charge in [-0.15, -0.1) is 5.10 Å². The van der Waals surface area contributed by atoms with Crippen molar-refractivity contribution in [2.45, 2.75) is 39.4 Å². The molecule has 1 amide bonds.